The van der Waals surface area contributed by atoms with E-state index in [9.17, 15) is 0 Å². The van der Waals surface area contributed by atoms with Gasteiger partial charge in [0.25, 0.3) is 0 Å². The van der Waals surface area contributed by atoms with Crippen LogP contribution in [0.4, 0.5) is 0 Å². The molecule has 0 saturated heterocycles. The van der Waals surface area contributed by atoms with Crippen molar-refractivity contribution in [2.24, 2.45) is 23.7 Å². The highest BCUT2D eigenvalue weighted by Gasteiger charge is 2.39. The summed E-state index contributed by atoms with van der Waals surface area (Å²) >= 11 is 0. The third-order valence-electron chi connectivity index (χ3n) is 4.02. The predicted octanol–water partition coefficient (Wildman–Crippen LogP) is 2.44. The van der Waals surface area contributed by atoms with Gasteiger partial charge in [-0.3, -0.25) is 0 Å². The van der Waals surface area contributed by atoms with Crippen LogP contribution >= 0.6 is 0 Å². The molecule has 2 aliphatic rings. The highest BCUT2D eigenvalue weighted by atomic mass is 16.3. The van der Waals surface area contributed by atoms with E-state index in [1.54, 1.807) is 0 Å². The fraction of sp³-hybridized carbons (Fsp3) is 1.00. The number of fused-ring (bicyclic) bond motifs is 2. The maximum Gasteiger partial charge on any atom is 0.0459 e. The van der Waals surface area contributed by atoms with Crippen LogP contribution in [0.15, 0.2) is 0 Å². The molecule has 1 nitrogen and oxygen atoms in total. The van der Waals surface area contributed by atoms with E-state index in [1.807, 2.05) is 0 Å². The van der Waals surface area contributed by atoms with Crippen molar-refractivity contribution in [1.29, 1.82) is 0 Å². The highest BCUT2D eigenvalue weighted by Crippen LogP contribution is 2.48. The quantitative estimate of drug-likeness (QED) is 0.671. The van der Waals surface area contributed by atoms with E-state index in [0.717, 1.165) is 17.8 Å². The molecular weight excluding hydrogens is 148 g/mol. The molecule has 0 radical (unpaired) electrons. The van der Waals surface area contributed by atoms with Crippen molar-refractivity contribution >= 4 is 0 Å². The SMILES string of the molecule is CCC1CC2CC(CO)CC1C2. The predicted molar refractivity (Wildman–Crippen MR) is 49.8 cm³/mol. The first-order valence-electron chi connectivity index (χ1n) is 5.44. The molecule has 4 unspecified atom stereocenters. The van der Waals surface area contributed by atoms with E-state index >= 15 is 0 Å². The molecule has 0 aromatic heterocycles. The van der Waals surface area contributed by atoms with E-state index in [4.69, 9.17) is 5.11 Å². The van der Waals surface area contributed by atoms with Gasteiger partial charge < -0.3 is 5.11 Å². The molecule has 1 heteroatoms. The lowest BCUT2D eigenvalue weighted by Crippen LogP contribution is -2.20. The molecule has 0 amide bonds. The van der Waals surface area contributed by atoms with Crippen molar-refractivity contribution in [2.45, 2.75) is 39.0 Å². The van der Waals surface area contributed by atoms with Crippen LogP contribution in [0.3, 0.4) is 0 Å². The Morgan fingerprint density at radius 3 is 2.67 bits per heavy atom. The largest absolute Gasteiger partial charge is 0.396 e. The summed E-state index contributed by atoms with van der Waals surface area (Å²) in [6, 6.07) is 0. The molecule has 12 heavy (non-hydrogen) atoms. The Morgan fingerprint density at radius 1 is 1.17 bits per heavy atom. The summed E-state index contributed by atoms with van der Waals surface area (Å²) in [6.45, 7) is 2.75. The van der Waals surface area contributed by atoms with Gasteiger partial charge in [0.2, 0.25) is 0 Å². The zero-order chi connectivity index (χ0) is 8.55. The Morgan fingerprint density at radius 2 is 2.00 bits per heavy atom. The molecule has 70 valence electrons. The summed E-state index contributed by atoms with van der Waals surface area (Å²) in [7, 11) is 0. The Hall–Kier alpha value is -0.0400. The minimum absolute atomic E-state index is 0.434. The van der Waals surface area contributed by atoms with Gasteiger partial charge in [0, 0.05) is 6.61 Å². The molecule has 0 aromatic rings. The highest BCUT2D eigenvalue weighted by molar-refractivity contribution is 4.89. The van der Waals surface area contributed by atoms with Crippen LogP contribution in [-0.2, 0) is 0 Å². The lowest BCUT2D eigenvalue weighted by Gasteiger charge is -2.27. The van der Waals surface area contributed by atoms with Crippen LogP contribution in [-0.4, -0.2) is 11.7 Å². The Kier molecular flexibility index (Phi) is 2.40. The summed E-state index contributed by atoms with van der Waals surface area (Å²) in [5, 5.41) is 9.11. The topological polar surface area (TPSA) is 20.2 Å². The first-order valence-corrected chi connectivity index (χ1v) is 5.44. The Bertz CT molecular complexity index is 153. The molecule has 2 bridgehead atoms. The standard InChI is InChI=1S/C11H20O/c1-2-10-4-8-3-9(7-12)6-11(10)5-8/h8-12H,2-7H2,1H3. The fourth-order valence-corrected chi connectivity index (χ4v) is 3.46. The van der Waals surface area contributed by atoms with Crippen molar-refractivity contribution in [3.05, 3.63) is 0 Å². The number of hydrogen-bond donors (Lipinski definition) is 1. The van der Waals surface area contributed by atoms with Crippen molar-refractivity contribution in [3.8, 4) is 0 Å². The lowest BCUT2D eigenvalue weighted by atomic mass is 9.80. The molecule has 0 spiro atoms. The van der Waals surface area contributed by atoms with E-state index in [-0.39, 0.29) is 0 Å². The zero-order valence-electron chi connectivity index (χ0n) is 8.00. The van der Waals surface area contributed by atoms with Crippen molar-refractivity contribution in [3.63, 3.8) is 0 Å². The normalized spacial score (nSPS) is 46.5. The first-order chi connectivity index (χ1) is 5.83. The molecule has 2 rings (SSSR count). The van der Waals surface area contributed by atoms with Gasteiger partial charge in [0.05, 0.1) is 0 Å². The second-order valence-corrected chi connectivity index (χ2v) is 4.79. The van der Waals surface area contributed by atoms with Crippen LogP contribution < -0.4 is 0 Å². The number of aliphatic hydroxyl groups excluding tert-OH is 1. The van der Waals surface area contributed by atoms with Gasteiger partial charge in [-0.15, -0.1) is 0 Å². The lowest BCUT2D eigenvalue weighted by molar-refractivity contribution is 0.150. The average molecular weight is 168 g/mol. The molecule has 0 heterocycles. The molecule has 0 aliphatic heterocycles. The van der Waals surface area contributed by atoms with Gasteiger partial charge in [0.1, 0.15) is 0 Å². The minimum Gasteiger partial charge on any atom is -0.396 e. The zero-order valence-corrected chi connectivity index (χ0v) is 8.00. The smallest absolute Gasteiger partial charge is 0.0459 e. The van der Waals surface area contributed by atoms with Crippen LogP contribution in [0, 0.1) is 23.7 Å². The molecule has 2 saturated carbocycles. The van der Waals surface area contributed by atoms with E-state index in [0.29, 0.717) is 12.5 Å². The van der Waals surface area contributed by atoms with E-state index in [2.05, 4.69) is 6.92 Å². The van der Waals surface area contributed by atoms with Gasteiger partial charge in [-0.05, 0) is 49.4 Å². The second kappa shape index (κ2) is 3.37. The van der Waals surface area contributed by atoms with Crippen molar-refractivity contribution in [2.75, 3.05) is 6.61 Å². The van der Waals surface area contributed by atoms with Crippen LogP contribution in [0.25, 0.3) is 0 Å². The molecule has 0 aromatic carbocycles. The van der Waals surface area contributed by atoms with Gasteiger partial charge in [-0.25, -0.2) is 0 Å². The van der Waals surface area contributed by atoms with Crippen molar-refractivity contribution < 1.29 is 5.11 Å². The summed E-state index contributed by atoms with van der Waals surface area (Å²) in [6.07, 6.45) is 6.90. The number of hydrogen-bond acceptors (Lipinski definition) is 1. The second-order valence-electron chi connectivity index (χ2n) is 4.79. The fourth-order valence-electron chi connectivity index (χ4n) is 3.46. The minimum atomic E-state index is 0.434. The Balaban J connectivity index is 1.98. The van der Waals surface area contributed by atoms with Crippen LogP contribution in [0.5, 0.6) is 0 Å². The van der Waals surface area contributed by atoms with Crippen LogP contribution in [0.2, 0.25) is 0 Å². The molecular formula is C11H20O. The van der Waals surface area contributed by atoms with Crippen molar-refractivity contribution in [1.82, 2.24) is 0 Å². The van der Waals surface area contributed by atoms with Crippen LogP contribution in [0.1, 0.15) is 39.0 Å². The number of rotatable bonds is 2. The third-order valence-corrected chi connectivity index (χ3v) is 4.02. The molecule has 2 aliphatic carbocycles. The summed E-state index contributed by atoms with van der Waals surface area (Å²) in [5.74, 6) is 3.56. The van der Waals surface area contributed by atoms with Gasteiger partial charge >= 0.3 is 0 Å². The Labute approximate surface area is 75.2 Å². The third kappa shape index (κ3) is 1.39. The maximum atomic E-state index is 9.11. The summed E-state index contributed by atoms with van der Waals surface area (Å²) in [4.78, 5) is 0. The van der Waals surface area contributed by atoms with Gasteiger partial charge in [-0.2, -0.15) is 0 Å². The summed E-state index contributed by atoms with van der Waals surface area (Å²) < 4.78 is 0. The summed E-state index contributed by atoms with van der Waals surface area (Å²) in [5.41, 5.74) is 0. The number of aliphatic hydroxyl groups is 1. The molecule has 2 fully saturated rings. The van der Waals surface area contributed by atoms with Gasteiger partial charge in [-0.1, -0.05) is 13.3 Å². The first kappa shape index (κ1) is 8.55. The van der Waals surface area contributed by atoms with E-state index in [1.165, 1.54) is 32.1 Å². The van der Waals surface area contributed by atoms with Gasteiger partial charge in [0.15, 0.2) is 0 Å². The van der Waals surface area contributed by atoms with E-state index < -0.39 is 0 Å². The average Bonchev–Trinajstić information content (AvgIpc) is 2.40. The molecule has 4 atom stereocenters. The maximum absolute atomic E-state index is 9.11. The monoisotopic (exact) mass is 168 g/mol. The molecule has 1 N–H and O–H groups in total.